The van der Waals surface area contributed by atoms with Gasteiger partial charge in [0.05, 0.1) is 4.91 Å². The number of nitrogens with zero attached hydrogens (tertiary/aromatic N) is 1. The van der Waals surface area contributed by atoms with Gasteiger partial charge in [-0.15, -0.1) is 0 Å². The van der Waals surface area contributed by atoms with Gasteiger partial charge in [0.25, 0.3) is 17.1 Å². The lowest BCUT2D eigenvalue weighted by atomic mass is 10.2. The molecule has 1 N–H and O–H groups in total. The lowest BCUT2D eigenvalue weighted by Gasteiger charge is -2.12. The Balaban J connectivity index is 1.37. The lowest BCUT2D eigenvalue weighted by molar-refractivity contribution is -0.122. The Hall–Kier alpha value is -3.39. The van der Waals surface area contributed by atoms with Gasteiger partial charge in [0.2, 0.25) is 0 Å². The van der Waals surface area contributed by atoms with E-state index in [0.29, 0.717) is 11.1 Å². The number of hydrogen-bond acceptors (Lipinski definition) is 5. The summed E-state index contributed by atoms with van der Waals surface area (Å²) < 4.78 is 18.6. The van der Waals surface area contributed by atoms with Gasteiger partial charge in [-0.2, -0.15) is 0 Å². The van der Waals surface area contributed by atoms with Crippen LogP contribution in [-0.4, -0.2) is 35.0 Å². The molecule has 1 aliphatic rings. The predicted molar refractivity (Wildman–Crippen MR) is 112 cm³/mol. The number of carbonyl (C=O) groups is 3. The summed E-state index contributed by atoms with van der Waals surface area (Å²) in [5.74, 6) is -1.07. The fraction of sp³-hybridized carbons (Fsp3) is 0.136. The molecular formula is C22H17FN2O4S. The molecule has 4 rings (SSSR count). The van der Waals surface area contributed by atoms with Gasteiger partial charge < -0.3 is 9.73 Å². The number of fused-ring (bicyclic) bond motifs is 1. The first-order valence-corrected chi connectivity index (χ1v) is 10.0. The number of aryl methyl sites for hydroxylation is 1. The van der Waals surface area contributed by atoms with Crippen LogP contribution in [0.4, 0.5) is 9.18 Å². The first kappa shape index (κ1) is 19.9. The minimum absolute atomic E-state index is 0.0382. The summed E-state index contributed by atoms with van der Waals surface area (Å²) in [6.45, 7) is 2.08. The van der Waals surface area contributed by atoms with Gasteiger partial charge in [-0.3, -0.25) is 19.3 Å². The van der Waals surface area contributed by atoms with E-state index in [9.17, 15) is 18.8 Å². The highest BCUT2D eigenvalue weighted by molar-refractivity contribution is 8.18. The zero-order chi connectivity index (χ0) is 21.3. The first-order chi connectivity index (χ1) is 14.4. The maximum Gasteiger partial charge on any atom is 0.293 e. The second-order valence-electron chi connectivity index (χ2n) is 6.79. The summed E-state index contributed by atoms with van der Waals surface area (Å²) in [5.41, 5.74) is 2.29. The van der Waals surface area contributed by atoms with Gasteiger partial charge in [-0.05, 0) is 60.7 Å². The number of carbonyl (C=O) groups excluding carboxylic acids is 3. The van der Waals surface area contributed by atoms with Crippen molar-refractivity contribution < 1.29 is 23.2 Å². The molecular weight excluding hydrogens is 407 g/mol. The Labute approximate surface area is 175 Å². The average molecular weight is 424 g/mol. The van der Waals surface area contributed by atoms with E-state index < -0.39 is 17.1 Å². The Kier molecular flexibility index (Phi) is 5.41. The molecule has 2 heterocycles. The minimum atomic E-state index is -0.442. The second kappa shape index (κ2) is 8.16. The van der Waals surface area contributed by atoms with Crippen LogP contribution < -0.4 is 5.32 Å². The molecule has 0 saturated carbocycles. The largest absolute Gasteiger partial charge is 0.451 e. The van der Waals surface area contributed by atoms with Crippen LogP contribution in [0.5, 0.6) is 0 Å². The zero-order valence-corrected chi connectivity index (χ0v) is 16.8. The van der Waals surface area contributed by atoms with Crippen molar-refractivity contribution in [2.45, 2.75) is 6.92 Å². The van der Waals surface area contributed by atoms with Crippen molar-refractivity contribution in [1.82, 2.24) is 10.2 Å². The first-order valence-electron chi connectivity index (χ1n) is 9.20. The molecule has 2 aromatic carbocycles. The molecule has 0 unspecified atom stereocenters. The fourth-order valence-corrected chi connectivity index (χ4v) is 3.91. The number of thioether (sulfide) groups is 1. The van der Waals surface area contributed by atoms with Gasteiger partial charge in [0.15, 0.2) is 5.76 Å². The second-order valence-corrected chi connectivity index (χ2v) is 7.79. The summed E-state index contributed by atoms with van der Waals surface area (Å²) in [6, 6.07) is 12.9. The predicted octanol–water partition coefficient (Wildman–Crippen LogP) is 4.35. The summed E-state index contributed by atoms with van der Waals surface area (Å²) in [6.07, 6.45) is 1.54. The van der Waals surface area contributed by atoms with Crippen molar-refractivity contribution >= 4 is 45.9 Å². The Morgan fingerprint density at radius 3 is 2.70 bits per heavy atom. The maximum absolute atomic E-state index is 13.0. The third-order valence-corrected chi connectivity index (χ3v) is 5.47. The van der Waals surface area contributed by atoms with Gasteiger partial charge >= 0.3 is 0 Å². The molecule has 3 amide bonds. The van der Waals surface area contributed by atoms with E-state index in [4.69, 9.17) is 4.42 Å². The van der Waals surface area contributed by atoms with E-state index in [0.717, 1.165) is 27.6 Å². The molecule has 8 heteroatoms. The van der Waals surface area contributed by atoms with E-state index in [1.54, 1.807) is 18.2 Å². The molecule has 0 bridgehead atoms. The monoisotopic (exact) mass is 424 g/mol. The van der Waals surface area contributed by atoms with Crippen molar-refractivity contribution in [3.8, 4) is 0 Å². The highest BCUT2D eigenvalue weighted by Crippen LogP contribution is 2.32. The molecule has 0 atom stereocenters. The van der Waals surface area contributed by atoms with Gasteiger partial charge in [0.1, 0.15) is 11.4 Å². The number of amides is 3. The fourth-order valence-electron chi connectivity index (χ4n) is 3.05. The zero-order valence-electron chi connectivity index (χ0n) is 16.0. The van der Waals surface area contributed by atoms with Crippen LogP contribution in [0.1, 0.15) is 21.7 Å². The summed E-state index contributed by atoms with van der Waals surface area (Å²) >= 11 is 0.814. The van der Waals surface area contributed by atoms with Gasteiger partial charge in [0, 0.05) is 18.5 Å². The number of rotatable bonds is 5. The molecule has 3 aromatic rings. The minimum Gasteiger partial charge on any atom is -0.451 e. The number of furan rings is 1. The summed E-state index contributed by atoms with van der Waals surface area (Å²) in [4.78, 5) is 38.3. The van der Waals surface area contributed by atoms with Crippen LogP contribution in [0.15, 0.2) is 57.9 Å². The molecule has 30 heavy (non-hydrogen) atoms. The summed E-state index contributed by atoms with van der Waals surface area (Å²) in [7, 11) is 0. The van der Waals surface area contributed by atoms with Crippen molar-refractivity contribution in [1.29, 1.82) is 0 Å². The van der Waals surface area contributed by atoms with E-state index in [1.165, 1.54) is 24.3 Å². The van der Waals surface area contributed by atoms with Crippen molar-refractivity contribution in [2.24, 2.45) is 0 Å². The number of halogens is 1. The van der Waals surface area contributed by atoms with Crippen molar-refractivity contribution in [3.05, 3.63) is 76.1 Å². The number of benzene rings is 2. The van der Waals surface area contributed by atoms with Crippen molar-refractivity contribution in [2.75, 3.05) is 13.1 Å². The number of hydrogen-bond donors (Lipinski definition) is 1. The van der Waals surface area contributed by atoms with Gasteiger partial charge in [-0.25, -0.2) is 4.39 Å². The Bertz CT molecular complexity index is 1180. The van der Waals surface area contributed by atoms with E-state index in [2.05, 4.69) is 5.32 Å². The SMILES string of the molecule is Cc1ccc2oc(C(=O)NCCN3C(=O)S/C(=C/c4ccc(F)cc4)C3=O)cc2c1. The smallest absolute Gasteiger partial charge is 0.293 e. The molecule has 1 aromatic heterocycles. The molecule has 0 radical (unpaired) electrons. The third-order valence-electron chi connectivity index (χ3n) is 4.56. The number of imide groups is 1. The van der Waals surface area contributed by atoms with Crippen LogP contribution in [-0.2, 0) is 4.79 Å². The van der Waals surface area contributed by atoms with Crippen LogP contribution in [0.25, 0.3) is 17.0 Å². The van der Waals surface area contributed by atoms with Crippen LogP contribution >= 0.6 is 11.8 Å². The lowest BCUT2D eigenvalue weighted by Crippen LogP contribution is -2.37. The van der Waals surface area contributed by atoms with Crippen LogP contribution in [0.3, 0.4) is 0 Å². The van der Waals surface area contributed by atoms with Crippen LogP contribution in [0.2, 0.25) is 0 Å². The topological polar surface area (TPSA) is 79.6 Å². The molecule has 0 aliphatic carbocycles. The number of nitrogens with one attached hydrogen (secondary N) is 1. The average Bonchev–Trinajstić information content (AvgIpc) is 3.25. The van der Waals surface area contributed by atoms with E-state index >= 15 is 0 Å². The van der Waals surface area contributed by atoms with Crippen molar-refractivity contribution in [3.63, 3.8) is 0 Å². The molecule has 152 valence electrons. The van der Waals surface area contributed by atoms with Gasteiger partial charge in [-0.1, -0.05) is 23.8 Å². The molecule has 0 spiro atoms. The molecule has 1 saturated heterocycles. The molecule has 1 aliphatic heterocycles. The highest BCUT2D eigenvalue weighted by Gasteiger charge is 2.34. The highest BCUT2D eigenvalue weighted by atomic mass is 32.2. The van der Waals surface area contributed by atoms with E-state index in [1.807, 2.05) is 19.1 Å². The normalized spacial score (nSPS) is 15.4. The quantitative estimate of drug-likeness (QED) is 0.616. The Morgan fingerprint density at radius 1 is 1.17 bits per heavy atom. The standard InChI is InChI=1S/C22H17FN2O4S/c1-13-2-7-17-15(10-13)12-18(29-17)20(26)24-8-9-25-21(27)19(30-22(25)28)11-14-3-5-16(23)6-4-14/h2-7,10-12H,8-9H2,1H3,(H,24,26)/b19-11+. The van der Waals surface area contributed by atoms with E-state index in [-0.39, 0.29) is 29.6 Å². The molecule has 6 nitrogen and oxygen atoms in total. The van der Waals surface area contributed by atoms with Crippen LogP contribution in [0, 0.1) is 12.7 Å². The third kappa shape index (κ3) is 4.13. The Morgan fingerprint density at radius 2 is 1.93 bits per heavy atom. The molecule has 1 fully saturated rings. The maximum atomic E-state index is 13.0. The summed E-state index contributed by atoms with van der Waals surface area (Å²) in [5, 5.41) is 3.08.